The second-order valence-electron chi connectivity index (χ2n) is 4.68. The molecule has 0 spiro atoms. The lowest BCUT2D eigenvalue weighted by Gasteiger charge is -2.12. The Bertz CT molecular complexity index is 748. The van der Waals surface area contributed by atoms with E-state index in [1.54, 1.807) is 36.4 Å². The Labute approximate surface area is 144 Å². The third kappa shape index (κ3) is 4.39. The maximum Gasteiger partial charge on any atom is 0.342 e. The molecule has 0 atom stereocenters. The van der Waals surface area contributed by atoms with Gasteiger partial charge in [0.1, 0.15) is 5.56 Å². The quantitative estimate of drug-likeness (QED) is 0.811. The smallest absolute Gasteiger partial charge is 0.342 e. The molecule has 0 unspecified atom stereocenters. The topological polar surface area (TPSA) is 73.9 Å². The van der Waals surface area contributed by atoms with Gasteiger partial charge >= 0.3 is 5.97 Å². The molecule has 0 aliphatic heterocycles. The number of esters is 1. The molecule has 2 rings (SSSR count). The fraction of sp³-hybridized carbons (Fsp3) is 0.176. The molecule has 0 fully saturated rings. The molecule has 1 N–H and O–H groups in total. The van der Waals surface area contributed by atoms with Crippen molar-refractivity contribution in [2.45, 2.75) is 0 Å². The van der Waals surface area contributed by atoms with Gasteiger partial charge in [-0.15, -0.1) is 0 Å². The zero-order valence-corrected chi connectivity index (χ0v) is 13.9. The van der Waals surface area contributed by atoms with E-state index in [1.165, 1.54) is 20.3 Å². The molecule has 0 bridgehead atoms. The number of hydrogen-bond acceptors (Lipinski definition) is 5. The molecule has 0 heterocycles. The molecular formula is C17H16ClNO5. The number of para-hydroxylation sites is 1. The minimum absolute atomic E-state index is 0.174. The molecule has 0 aliphatic rings. The molecule has 0 aliphatic carbocycles. The summed E-state index contributed by atoms with van der Waals surface area (Å²) in [5, 5.41) is 3.08. The minimum atomic E-state index is -0.688. The highest BCUT2D eigenvalue weighted by Crippen LogP contribution is 2.31. The summed E-state index contributed by atoms with van der Waals surface area (Å²) in [4.78, 5) is 24.0. The van der Waals surface area contributed by atoms with Crippen LogP contribution in [0.4, 0.5) is 5.69 Å². The van der Waals surface area contributed by atoms with Crippen molar-refractivity contribution in [3.8, 4) is 11.5 Å². The molecule has 2 aromatic rings. The summed E-state index contributed by atoms with van der Waals surface area (Å²) in [6.45, 7) is -0.439. The van der Waals surface area contributed by atoms with E-state index in [0.717, 1.165) is 0 Å². The summed E-state index contributed by atoms with van der Waals surface area (Å²) >= 11 is 5.84. The van der Waals surface area contributed by atoms with Crippen LogP contribution in [0.25, 0.3) is 0 Å². The third-order valence-electron chi connectivity index (χ3n) is 3.07. The van der Waals surface area contributed by atoms with Crippen LogP contribution < -0.4 is 14.8 Å². The van der Waals surface area contributed by atoms with E-state index in [0.29, 0.717) is 16.5 Å². The highest BCUT2D eigenvalue weighted by Gasteiger charge is 2.18. The summed E-state index contributed by atoms with van der Waals surface area (Å²) in [6, 6.07) is 11.5. The van der Waals surface area contributed by atoms with Gasteiger partial charge in [-0.2, -0.15) is 0 Å². The molecule has 2 aromatic carbocycles. The van der Waals surface area contributed by atoms with Crippen LogP contribution in [0.15, 0.2) is 42.5 Å². The Morgan fingerprint density at radius 3 is 2.50 bits per heavy atom. The van der Waals surface area contributed by atoms with E-state index in [9.17, 15) is 9.59 Å². The number of halogens is 1. The Morgan fingerprint density at radius 2 is 1.83 bits per heavy atom. The molecular weight excluding hydrogens is 334 g/mol. The number of carbonyl (C=O) groups excluding carboxylic acids is 2. The molecule has 1 amide bonds. The van der Waals surface area contributed by atoms with Crippen molar-refractivity contribution in [1.29, 1.82) is 0 Å². The first-order chi connectivity index (χ1) is 11.5. The molecule has 6 nitrogen and oxygen atoms in total. The predicted octanol–water partition coefficient (Wildman–Crippen LogP) is 3.15. The Balaban J connectivity index is 1.99. The van der Waals surface area contributed by atoms with Crippen LogP contribution in [-0.4, -0.2) is 32.7 Å². The highest BCUT2D eigenvalue weighted by molar-refractivity contribution is 6.30. The van der Waals surface area contributed by atoms with Crippen LogP contribution in [0.1, 0.15) is 10.4 Å². The summed E-state index contributed by atoms with van der Waals surface area (Å²) in [5.74, 6) is -0.518. The molecule has 24 heavy (non-hydrogen) atoms. The van der Waals surface area contributed by atoms with Crippen molar-refractivity contribution >= 4 is 29.2 Å². The maximum absolute atomic E-state index is 12.1. The SMILES string of the molecule is COc1cccc(C(=O)OCC(=O)Nc2cccc(Cl)c2)c1OC. The second kappa shape index (κ2) is 8.21. The molecule has 0 aromatic heterocycles. The number of carbonyl (C=O) groups is 2. The fourth-order valence-corrected chi connectivity index (χ4v) is 2.21. The minimum Gasteiger partial charge on any atom is -0.493 e. The van der Waals surface area contributed by atoms with Crippen molar-refractivity contribution in [3.63, 3.8) is 0 Å². The third-order valence-corrected chi connectivity index (χ3v) is 3.30. The average Bonchev–Trinajstić information content (AvgIpc) is 2.58. The first kappa shape index (κ1) is 17.6. The lowest BCUT2D eigenvalue weighted by molar-refractivity contribution is -0.119. The van der Waals surface area contributed by atoms with Gasteiger partial charge in [-0.05, 0) is 30.3 Å². The van der Waals surface area contributed by atoms with Crippen molar-refractivity contribution in [2.24, 2.45) is 0 Å². The molecule has 0 saturated carbocycles. The monoisotopic (exact) mass is 349 g/mol. The Morgan fingerprint density at radius 1 is 1.08 bits per heavy atom. The normalized spacial score (nSPS) is 9.96. The Hall–Kier alpha value is -2.73. The molecule has 7 heteroatoms. The van der Waals surface area contributed by atoms with E-state index in [1.807, 2.05) is 0 Å². The van der Waals surface area contributed by atoms with Gasteiger partial charge < -0.3 is 19.5 Å². The number of rotatable bonds is 6. The maximum atomic E-state index is 12.1. The predicted molar refractivity (Wildman–Crippen MR) is 89.9 cm³/mol. The number of benzene rings is 2. The van der Waals surface area contributed by atoms with Gasteiger partial charge in [-0.25, -0.2) is 4.79 Å². The summed E-state index contributed by atoms with van der Waals surface area (Å²) in [6.07, 6.45) is 0. The number of hydrogen-bond donors (Lipinski definition) is 1. The van der Waals surface area contributed by atoms with E-state index < -0.39 is 18.5 Å². The van der Waals surface area contributed by atoms with Crippen LogP contribution in [0.5, 0.6) is 11.5 Å². The van der Waals surface area contributed by atoms with E-state index in [-0.39, 0.29) is 11.3 Å². The summed E-state index contributed by atoms with van der Waals surface area (Å²) < 4.78 is 15.3. The largest absolute Gasteiger partial charge is 0.493 e. The number of amides is 1. The van der Waals surface area contributed by atoms with Crippen molar-refractivity contribution < 1.29 is 23.8 Å². The lowest BCUT2D eigenvalue weighted by Crippen LogP contribution is -2.21. The lowest BCUT2D eigenvalue weighted by atomic mass is 10.2. The van der Waals surface area contributed by atoms with Gasteiger partial charge in [0.05, 0.1) is 14.2 Å². The second-order valence-corrected chi connectivity index (χ2v) is 5.11. The standard InChI is InChI=1S/C17H16ClNO5/c1-22-14-8-4-7-13(16(14)23-2)17(21)24-10-15(20)19-12-6-3-5-11(18)9-12/h3-9H,10H2,1-2H3,(H,19,20). The van der Waals surface area contributed by atoms with E-state index >= 15 is 0 Å². The van der Waals surface area contributed by atoms with Gasteiger partial charge in [0.15, 0.2) is 18.1 Å². The van der Waals surface area contributed by atoms with E-state index in [4.69, 9.17) is 25.8 Å². The van der Waals surface area contributed by atoms with Gasteiger partial charge in [-0.3, -0.25) is 4.79 Å². The summed E-state index contributed by atoms with van der Waals surface area (Å²) in [7, 11) is 2.88. The number of methoxy groups -OCH3 is 2. The fourth-order valence-electron chi connectivity index (χ4n) is 2.02. The summed E-state index contributed by atoms with van der Waals surface area (Å²) in [5.41, 5.74) is 0.690. The molecule has 126 valence electrons. The Kier molecular flexibility index (Phi) is 6.03. The van der Waals surface area contributed by atoms with Crippen LogP contribution in [0.3, 0.4) is 0 Å². The zero-order valence-electron chi connectivity index (χ0n) is 13.2. The molecule has 0 radical (unpaired) electrons. The average molecular weight is 350 g/mol. The number of ether oxygens (including phenoxy) is 3. The van der Waals surface area contributed by atoms with Crippen LogP contribution >= 0.6 is 11.6 Å². The number of anilines is 1. The van der Waals surface area contributed by atoms with Crippen molar-refractivity contribution in [1.82, 2.24) is 0 Å². The number of nitrogens with one attached hydrogen (secondary N) is 1. The van der Waals surface area contributed by atoms with Crippen LogP contribution in [0.2, 0.25) is 5.02 Å². The van der Waals surface area contributed by atoms with Crippen molar-refractivity contribution in [2.75, 3.05) is 26.1 Å². The van der Waals surface area contributed by atoms with Crippen LogP contribution in [-0.2, 0) is 9.53 Å². The van der Waals surface area contributed by atoms with Crippen molar-refractivity contribution in [3.05, 3.63) is 53.1 Å². The zero-order chi connectivity index (χ0) is 17.5. The van der Waals surface area contributed by atoms with E-state index in [2.05, 4.69) is 5.32 Å². The highest BCUT2D eigenvalue weighted by atomic mass is 35.5. The first-order valence-electron chi connectivity index (χ1n) is 6.98. The van der Waals surface area contributed by atoms with Gasteiger partial charge in [0.2, 0.25) is 0 Å². The molecule has 0 saturated heterocycles. The van der Waals surface area contributed by atoms with Gasteiger partial charge in [0.25, 0.3) is 5.91 Å². The first-order valence-corrected chi connectivity index (χ1v) is 7.36. The van der Waals surface area contributed by atoms with Crippen LogP contribution in [0, 0.1) is 0 Å². The van der Waals surface area contributed by atoms with Gasteiger partial charge in [-0.1, -0.05) is 23.7 Å². The van der Waals surface area contributed by atoms with Gasteiger partial charge in [0, 0.05) is 10.7 Å².